The number of para-hydroxylation sites is 2. The van der Waals surface area contributed by atoms with E-state index in [9.17, 15) is 4.79 Å². The molecule has 21 heavy (non-hydrogen) atoms. The second-order valence-electron chi connectivity index (χ2n) is 4.50. The molecule has 0 unspecified atom stereocenters. The van der Waals surface area contributed by atoms with Crippen LogP contribution in [0.25, 0.3) is 0 Å². The average molecular weight is 292 g/mol. The molecule has 1 rings (SSSR count). The van der Waals surface area contributed by atoms with E-state index < -0.39 is 0 Å². The third-order valence-corrected chi connectivity index (χ3v) is 2.76. The molecule has 0 atom stereocenters. The zero-order chi connectivity index (χ0) is 15.5. The Morgan fingerprint density at radius 1 is 1.19 bits per heavy atom. The number of allylic oxidation sites excluding steroid dienone is 2. The zero-order valence-electron chi connectivity index (χ0n) is 12.9. The van der Waals surface area contributed by atoms with Crippen LogP contribution in [0, 0.1) is 0 Å². The quantitative estimate of drug-likeness (QED) is 0.687. The number of hydrazine groups is 1. The monoisotopic (exact) mass is 292 g/mol. The van der Waals surface area contributed by atoms with E-state index in [1.807, 2.05) is 12.1 Å². The minimum absolute atomic E-state index is 0.0705. The van der Waals surface area contributed by atoms with Gasteiger partial charge in [-0.25, -0.2) is 0 Å². The minimum atomic E-state index is -0.237. The fraction of sp³-hybridized carbons (Fsp3) is 0.438. The minimum Gasteiger partial charge on any atom is -0.493 e. The summed E-state index contributed by atoms with van der Waals surface area (Å²) in [5, 5.41) is 0. The summed E-state index contributed by atoms with van der Waals surface area (Å²) in [4.78, 5) is 11.8. The predicted molar refractivity (Wildman–Crippen MR) is 83.0 cm³/mol. The van der Waals surface area contributed by atoms with Crippen LogP contribution >= 0.6 is 0 Å². The fourth-order valence-corrected chi connectivity index (χ4v) is 1.80. The Kier molecular flexibility index (Phi) is 7.79. The maximum absolute atomic E-state index is 11.8. The molecular formula is C16H24N2O3. The lowest BCUT2D eigenvalue weighted by Gasteiger charge is -2.13. The number of nitrogens with one attached hydrogen (secondary N) is 2. The van der Waals surface area contributed by atoms with Gasteiger partial charge >= 0.3 is 0 Å². The number of hydrogen-bond donors (Lipinski definition) is 2. The van der Waals surface area contributed by atoms with Crippen molar-refractivity contribution >= 4 is 5.91 Å². The molecule has 0 aliphatic rings. The summed E-state index contributed by atoms with van der Waals surface area (Å²) in [5.74, 6) is 0.919. The van der Waals surface area contributed by atoms with Gasteiger partial charge in [-0.1, -0.05) is 38.5 Å². The number of carbonyl (C=O) groups excluding carboxylic acids is 1. The van der Waals surface area contributed by atoms with Crippen molar-refractivity contribution in [1.29, 1.82) is 0 Å². The Bertz CT molecular complexity index is 472. The molecule has 0 aliphatic carbocycles. The van der Waals surface area contributed by atoms with Gasteiger partial charge in [-0.2, -0.15) is 0 Å². The van der Waals surface area contributed by atoms with Crippen LogP contribution in [-0.4, -0.2) is 19.6 Å². The summed E-state index contributed by atoms with van der Waals surface area (Å²) in [6.45, 7) is 4.08. The first-order valence-corrected chi connectivity index (χ1v) is 7.20. The predicted octanol–water partition coefficient (Wildman–Crippen LogP) is 2.79. The van der Waals surface area contributed by atoms with E-state index in [1.54, 1.807) is 19.2 Å². The van der Waals surface area contributed by atoms with Crippen molar-refractivity contribution in [1.82, 2.24) is 10.9 Å². The van der Waals surface area contributed by atoms with Crippen molar-refractivity contribution in [3.8, 4) is 11.5 Å². The Labute approximate surface area is 126 Å². The normalized spacial score (nSPS) is 10.9. The van der Waals surface area contributed by atoms with E-state index in [-0.39, 0.29) is 12.5 Å². The molecule has 1 aromatic carbocycles. The highest BCUT2D eigenvalue weighted by Crippen LogP contribution is 2.25. The molecule has 2 N–H and O–H groups in total. The van der Waals surface area contributed by atoms with Crippen LogP contribution in [0.2, 0.25) is 0 Å². The summed E-state index contributed by atoms with van der Waals surface area (Å²) in [6.07, 6.45) is 4.91. The highest BCUT2D eigenvalue weighted by atomic mass is 16.5. The molecule has 1 aromatic rings. The SMILES string of the molecule is CC/C=C(/CCC)NNC(=O)COc1ccccc1OC. The van der Waals surface area contributed by atoms with E-state index in [0.717, 1.165) is 25.0 Å². The second kappa shape index (κ2) is 9.69. The van der Waals surface area contributed by atoms with E-state index in [4.69, 9.17) is 9.47 Å². The van der Waals surface area contributed by atoms with Crippen molar-refractivity contribution in [3.63, 3.8) is 0 Å². The Morgan fingerprint density at radius 2 is 1.90 bits per heavy atom. The molecule has 0 spiro atoms. The molecule has 1 amide bonds. The van der Waals surface area contributed by atoms with Gasteiger partial charge in [-0.05, 0) is 25.0 Å². The van der Waals surface area contributed by atoms with Gasteiger partial charge < -0.3 is 14.9 Å². The third-order valence-electron chi connectivity index (χ3n) is 2.76. The number of methoxy groups -OCH3 is 1. The number of rotatable bonds is 9. The van der Waals surface area contributed by atoms with E-state index >= 15 is 0 Å². The first-order valence-electron chi connectivity index (χ1n) is 7.20. The van der Waals surface area contributed by atoms with Crippen LogP contribution in [0.3, 0.4) is 0 Å². The molecule has 0 fully saturated rings. The fourth-order valence-electron chi connectivity index (χ4n) is 1.80. The van der Waals surface area contributed by atoms with Gasteiger partial charge in [0, 0.05) is 5.70 Å². The lowest BCUT2D eigenvalue weighted by molar-refractivity contribution is -0.123. The second-order valence-corrected chi connectivity index (χ2v) is 4.50. The Balaban J connectivity index is 2.42. The van der Waals surface area contributed by atoms with Gasteiger partial charge in [0.05, 0.1) is 7.11 Å². The molecular weight excluding hydrogens is 268 g/mol. The molecule has 0 aliphatic heterocycles. The topological polar surface area (TPSA) is 59.6 Å². The maximum atomic E-state index is 11.8. The molecule has 0 heterocycles. The summed E-state index contributed by atoms with van der Waals surface area (Å²) >= 11 is 0. The molecule has 116 valence electrons. The number of ether oxygens (including phenoxy) is 2. The van der Waals surface area contributed by atoms with Crippen molar-refractivity contribution in [2.75, 3.05) is 13.7 Å². The molecule has 0 saturated heterocycles. The van der Waals surface area contributed by atoms with Crippen LogP contribution in [0.4, 0.5) is 0 Å². The van der Waals surface area contributed by atoms with Gasteiger partial charge in [-0.15, -0.1) is 0 Å². The van der Waals surface area contributed by atoms with E-state index in [2.05, 4.69) is 30.8 Å². The Morgan fingerprint density at radius 3 is 2.52 bits per heavy atom. The van der Waals surface area contributed by atoms with Crippen LogP contribution < -0.4 is 20.3 Å². The summed E-state index contributed by atoms with van der Waals surface area (Å²) in [5.41, 5.74) is 6.59. The van der Waals surface area contributed by atoms with Crippen molar-refractivity contribution in [3.05, 3.63) is 36.0 Å². The third kappa shape index (κ3) is 6.21. The molecule has 0 saturated carbocycles. The summed E-state index contributed by atoms with van der Waals surface area (Å²) < 4.78 is 10.6. The van der Waals surface area contributed by atoms with Crippen molar-refractivity contribution in [2.24, 2.45) is 0 Å². The van der Waals surface area contributed by atoms with Gasteiger partial charge in [0.25, 0.3) is 5.91 Å². The molecule has 5 nitrogen and oxygen atoms in total. The highest BCUT2D eigenvalue weighted by Gasteiger charge is 2.06. The maximum Gasteiger partial charge on any atom is 0.276 e. The van der Waals surface area contributed by atoms with Crippen molar-refractivity contribution in [2.45, 2.75) is 33.1 Å². The van der Waals surface area contributed by atoms with Crippen LogP contribution in [-0.2, 0) is 4.79 Å². The standard InChI is InChI=1S/C16H24N2O3/c1-4-8-13(9-5-2)17-18-16(19)12-21-15-11-7-6-10-14(15)20-3/h6-8,10-11,17H,4-5,9,12H2,1-3H3,(H,18,19)/b13-8-. The Hall–Kier alpha value is -2.17. The number of carbonyl (C=O) groups is 1. The van der Waals surface area contributed by atoms with Crippen LogP contribution in [0.15, 0.2) is 36.0 Å². The lowest BCUT2D eigenvalue weighted by Crippen LogP contribution is -2.39. The van der Waals surface area contributed by atoms with Crippen LogP contribution in [0.1, 0.15) is 33.1 Å². The highest BCUT2D eigenvalue weighted by molar-refractivity contribution is 5.77. The molecule has 0 radical (unpaired) electrons. The smallest absolute Gasteiger partial charge is 0.276 e. The van der Waals surface area contributed by atoms with Gasteiger partial charge in [-0.3, -0.25) is 10.2 Å². The zero-order valence-corrected chi connectivity index (χ0v) is 12.9. The first kappa shape index (κ1) is 16.9. The van der Waals surface area contributed by atoms with Gasteiger partial charge in [0.15, 0.2) is 18.1 Å². The van der Waals surface area contributed by atoms with Gasteiger partial charge in [0.1, 0.15) is 0 Å². The van der Waals surface area contributed by atoms with Crippen molar-refractivity contribution < 1.29 is 14.3 Å². The average Bonchev–Trinajstić information content (AvgIpc) is 2.51. The largest absolute Gasteiger partial charge is 0.493 e. The number of amides is 1. The summed E-state index contributed by atoms with van der Waals surface area (Å²) in [6, 6.07) is 7.23. The number of benzene rings is 1. The van der Waals surface area contributed by atoms with E-state index in [0.29, 0.717) is 11.5 Å². The van der Waals surface area contributed by atoms with E-state index in [1.165, 1.54) is 0 Å². The summed E-state index contributed by atoms with van der Waals surface area (Å²) in [7, 11) is 1.57. The molecule has 0 bridgehead atoms. The van der Waals surface area contributed by atoms with Gasteiger partial charge in [0.2, 0.25) is 0 Å². The van der Waals surface area contributed by atoms with Crippen LogP contribution in [0.5, 0.6) is 11.5 Å². The first-order chi connectivity index (χ1) is 10.2. The molecule has 5 heteroatoms. The number of hydrogen-bond acceptors (Lipinski definition) is 4. The molecule has 0 aromatic heterocycles. The lowest BCUT2D eigenvalue weighted by atomic mass is 10.2.